The fourth-order valence-corrected chi connectivity index (χ4v) is 4.74. The van der Waals surface area contributed by atoms with Gasteiger partial charge in [0.1, 0.15) is 15.9 Å². The lowest BCUT2D eigenvalue weighted by Crippen LogP contribution is -2.11. The van der Waals surface area contributed by atoms with E-state index in [2.05, 4.69) is 26.1 Å². The molecule has 3 rings (SSSR count). The number of allylic oxidation sites excluding steroid dienone is 1. The zero-order chi connectivity index (χ0) is 18.1. The third-order valence-electron chi connectivity index (χ3n) is 3.59. The zero-order valence-electron chi connectivity index (χ0n) is 13.4. The molecule has 1 aliphatic rings. The number of phenols is 1. The number of rotatable bonds is 4. The SMILES string of the molecule is CCc1nnc([C@H]2C(=N)S/C(=C\c3cc(Br)c(O)c(OC)c3)C2=O)s1. The van der Waals surface area contributed by atoms with Crippen molar-refractivity contribution < 1.29 is 14.6 Å². The first-order valence-electron chi connectivity index (χ1n) is 7.35. The number of thioether (sulfide) groups is 1. The summed E-state index contributed by atoms with van der Waals surface area (Å²) in [6.07, 6.45) is 2.44. The molecule has 6 nitrogen and oxygen atoms in total. The topological polar surface area (TPSA) is 96.2 Å². The maximum absolute atomic E-state index is 12.7. The van der Waals surface area contributed by atoms with Gasteiger partial charge in [-0.2, -0.15) is 0 Å². The summed E-state index contributed by atoms with van der Waals surface area (Å²) in [6.45, 7) is 1.97. The fraction of sp³-hybridized carbons (Fsp3) is 0.250. The molecule has 1 fully saturated rings. The van der Waals surface area contributed by atoms with Gasteiger partial charge in [-0.25, -0.2) is 0 Å². The molecule has 25 heavy (non-hydrogen) atoms. The molecule has 1 saturated heterocycles. The van der Waals surface area contributed by atoms with Gasteiger partial charge in [-0.15, -0.1) is 21.5 Å². The van der Waals surface area contributed by atoms with Crippen molar-refractivity contribution >= 4 is 55.9 Å². The molecule has 2 N–H and O–H groups in total. The molecule has 1 aliphatic heterocycles. The second-order valence-electron chi connectivity index (χ2n) is 5.21. The van der Waals surface area contributed by atoms with Crippen molar-refractivity contribution in [3.8, 4) is 11.5 Å². The van der Waals surface area contributed by atoms with E-state index in [9.17, 15) is 9.90 Å². The molecule has 0 aliphatic carbocycles. The van der Waals surface area contributed by atoms with Crippen LogP contribution in [-0.2, 0) is 11.2 Å². The lowest BCUT2D eigenvalue weighted by atomic mass is 10.1. The lowest BCUT2D eigenvalue weighted by Gasteiger charge is -2.07. The van der Waals surface area contributed by atoms with Crippen LogP contribution in [-0.4, -0.2) is 33.2 Å². The van der Waals surface area contributed by atoms with E-state index in [1.165, 1.54) is 18.4 Å². The van der Waals surface area contributed by atoms with Crippen LogP contribution in [0.4, 0.5) is 0 Å². The second-order valence-corrected chi connectivity index (χ2v) is 8.25. The van der Waals surface area contributed by atoms with Crippen LogP contribution in [0.15, 0.2) is 21.5 Å². The summed E-state index contributed by atoms with van der Waals surface area (Å²) in [7, 11) is 1.46. The Labute approximate surface area is 161 Å². The molecular weight excluding hydrogens is 426 g/mol. The largest absolute Gasteiger partial charge is 0.503 e. The molecule has 0 bridgehead atoms. The Kier molecular flexibility index (Phi) is 5.26. The van der Waals surface area contributed by atoms with Crippen molar-refractivity contribution in [2.75, 3.05) is 7.11 Å². The molecular formula is C16H14BrN3O3S2. The molecule has 0 saturated carbocycles. The average Bonchev–Trinajstić information content (AvgIpc) is 3.15. The van der Waals surface area contributed by atoms with Crippen molar-refractivity contribution in [1.82, 2.24) is 10.2 Å². The predicted molar refractivity (Wildman–Crippen MR) is 103 cm³/mol. The lowest BCUT2D eigenvalue weighted by molar-refractivity contribution is -0.114. The van der Waals surface area contributed by atoms with Crippen LogP contribution >= 0.6 is 39.0 Å². The van der Waals surface area contributed by atoms with E-state index < -0.39 is 5.92 Å². The van der Waals surface area contributed by atoms with Gasteiger partial charge in [0.25, 0.3) is 0 Å². The first-order valence-corrected chi connectivity index (χ1v) is 9.78. The first kappa shape index (κ1) is 18.1. The molecule has 1 aromatic heterocycles. The number of phenolic OH excluding ortho intramolecular Hbond substituents is 1. The third-order valence-corrected chi connectivity index (χ3v) is 6.32. The minimum absolute atomic E-state index is 0.00151. The van der Waals surface area contributed by atoms with E-state index in [0.717, 1.165) is 23.2 Å². The van der Waals surface area contributed by atoms with Gasteiger partial charge in [0, 0.05) is 0 Å². The fourth-order valence-electron chi connectivity index (χ4n) is 2.32. The number of Topliss-reactive ketones (excluding diaryl/α,β-unsaturated/α-hetero) is 1. The van der Waals surface area contributed by atoms with Gasteiger partial charge >= 0.3 is 0 Å². The highest BCUT2D eigenvalue weighted by atomic mass is 79.9. The normalized spacial score (nSPS) is 19.0. The Hall–Kier alpha value is -1.71. The number of aryl methyl sites for hydroxylation is 1. The maximum Gasteiger partial charge on any atom is 0.186 e. The highest BCUT2D eigenvalue weighted by molar-refractivity contribution is 9.10. The number of ketones is 1. The molecule has 2 heterocycles. The standard InChI is InChI=1S/C16H14BrN3O3S2/c1-3-11-19-20-16(25-11)12-14(22)10(24-15(12)18)6-7-4-8(17)13(21)9(5-7)23-2/h4-6,12,18,21H,3H2,1-2H3/b10-6-,18-15?/t12-/m1/s1. The van der Waals surface area contributed by atoms with Gasteiger partial charge in [-0.3, -0.25) is 10.2 Å². The van der Waals surface area contributed by atoms with Gasteiger partial charge < -0.3 is 9.84 Å². The van der Waals surface area contributed by atoms with Gasteiger partial charge in [0.05, 0.1) is 21.5 Å². The highest BCUT2D eigenvalue weighted by Crippen LogP contribution is 2.42. The number of carbonyl (C=O) groups excluding carboxylic acids is 1. The molecule has 9 heteroatoms. The van der Waals surface area contributed by atoms with Crippen LogP contribution < -0.4 is 4.74 Å². The quantitative estimate of drug-likeness (QED) is 0.698. The van der Waals surface area contributed by atoms with E-state index >= 15 is 0 Å². The van der Waals surface area contributed by atoms with Crippen LogP contribution in [0, 0.1) is 5.41 Å². The summed E-state index contributed by atoms with van der Waals surface area (Å²) in [6, 6.07) is 3.33. The number of halogens is 1. The van der Waals surface area contributed by atoms with Crippen molar-refractivity contribution in [3.63, 3.8) is 0 Å². The molecule has 1 atom stereocenters. The summed E-state index contributed by atoms with van der Waals surface area (Å²) in [5.74, 6) is -0.518. The molecule has 0 radical (unpaired) electrons. The number of aromatic hydroxyl groups is 1. The molecule has 0 spiro atoms. The Morgan fingerprint density at radius 1 is 1.44 bits per heavy atom. The van der Waals surface area contributed by atoms with Gasteiger partial charge in [0.2, 0.25) is 0 Å². The zero-order valence-corrected chi connectivity index (χ0v) is 16.6. The minimum Gasteiger partial charge on any atom is -0.503 e. The van der Waals surface area contributed by atoms with E-state index in [1.807, 2.05) is 6.92 Å². The van der Waals surface area contributed by atoms with Crippen LogP contribution in [0.3, 0.4) is 0 Å². The van der Waals surface area contributed by atoms with Crippen LogP contribution in [0.25, 0.3) is 6.08 Å². The molecule has 1 aromatic carbocycles. The Morgan fingerprint density at radius 3 is 2.84 bits per heavy atom. The minimum atomic E-state index is -0.670. The van der Waals surface area contributed by atoms with Crippen LogP contribution in [0.2, 0.25) is 0 Å². The van der Waals surface area contributed by atoms with E-state index in [0.29, 0.717) is 25.7 Å². The van der Waals surface area contributed by atoms with E-state index in [1.54, 1.807) is 18.2 Å². The number of ether oxygens (including phenoxy) is 1. The van der Waals surface area contributed by atoms with E-state index in [-0.39, 0.29) is 16.6 Å². The number of hydrogen-bond donors (Lipinski definition) is 2. The van der Waals surface area contributed by atoms with Crippen molar-refractivity contribution in [2.24, 2.45) is 0 Å². The Morgan fingerprint density at radius 2 is 2.20 bits per heavy atom. The number of nitrogens with zero attached hydrogens (tertiary/aromatic N) is 2. The number of hydrogen-bond acceptors (Lipinski definition) is 8. The predicted octanol–water partition coefficient (Wildman–Crippen LogP) is 4.00. The summed E-state index contributed by atoms with van der Waals surface area (Å²) < 4.78 is 5.59. The first-order chi connectivity index (χ1) is 11.9. The van der Waals surface area contributed by atoms with Gasteiger partial charge in [0.15, 0.2) is 17.3 Å². The van der Waals surface area contributed by atoms with Gasteiger partial charge in [-0.1, -0.05) is 18.7 Å². The molecule has 2 aromatic rings. The van der Waals surface area contributed by atoms with Crippen molar-refractivity contribution in [3.05, 3.63) is 37.1 Å². The van der Waals surface area contributed by atoms with Crippen molar-refractivity contribution in [1.29, 1.82) is 5.41 Å². The number of nitrogens with one attached hydrogen (secondary N) is 1. The van der Waals surface area contributed by atoms with Crippen LogP contribution in [0.5, 0.6) is 11.5 Å². The number of methoxy groups -OCH3 is 1. The monoisotopic (exact) mass is 439 g/mol. The highest BCUT2D eigenvalue weighted by Gasteiger charge is 2.39. The Balaban J connectivity index is 1.94. The summed E-state index contributed by atoms with van der Waals surface area (Å²) in [5.41, 5.74) is 0.692. The molecule has 0 amide bonds. The number of carbonyl (C=O) groups is 1. The van der Waals surface area contributed by atoms with Gasteiger partial charge in [-0.05, 0) is 46.1 Å². The maximum atomic E-state index is 12.7. The summed E-state index contributed by atoms with van der Waals surface area (Å²) in [5, 5.41) is 27.8. The van der Waals surface area contributed by atoms with Crippen LogP contribution in [0.1, 0.15) is 28.4 Å². The van der Waals surface area contributed by atoms with E-state index in [4.69, 9.17) is 10.1 Å². The Bertz CT molecular complexity index is 895. The number of benzene rings is 1. The summed E-state index contributed by atoms with van der Waals surface area (Å²) >= 11 is 5.76. The number of aromatic nitrogens is 2. The second kappa shape index (κ2) is 7.27. The third kappa shape index (κ3) is 3.49. The molecule has 0 unspecified atom stereocenters. The smallest absolute Gasteiger partial charge is 0.186 e. The molecule has 130 valence electrons. The van der Waals surface area contributed by atoms with Crippen molar-refractivity contribution in [2.45, 2.75) is 19.3 Å². The summed E-state index contributed by atoms with van der Waals surface area (Å²) in [4.78, 5) is 13.2. The average molecular weight is 440 g/mol.